The molecule has 2 aromatic rings. The van der Waals surface area contributed by atoms with Gasteiger partial charge in [0.2, 0.25) is 0 Å². The van der Waals surface area contributed by atoms with Gasteiger partial charge in [0.25, 0.3) is 0 Å². The molecule has 0 bridgehead atoms. The second kappa shape index (κ2) is 6.28. The van der Waals surface area contributed by atoms with E-state index in [1.54, 1.807) is 0 Å². The van der Waals surface area contributed by atoms with Gasteiger partial charge in [0.1, 0.15) is 5.75 Å². The summed E-state index contributed by atoms with van der Waals surface area (Å²) in [6.45, 7) is 6.99. The summed E-state index contributed by atoms with van der Waals surface area (Å²) in [7, 11) is 0. The Hall–Kier alpha value is -1.96. The Labute approximate surface area is 115 Å². The van der Waals surface area contributed by atoms with E-state index in [9.17, 15) is 0 Å². The quantitative estimate of drug-likeness (QED) is 0.855. The zero-order valence-electron chi connectivity index (χ0n) is 11.8. The largest absolute Gasteiger partial charge is 0.491 e. The number of hydrogen-bond acceptors (Lipinski definition) is 2. The van der Waals surface area contributed by atoms with Crippen molar-refractivity contribution in [2.75, 3.05) is 5.32 Å². The second-order valence-corrected chi connectivity index (χ2v) is 5.03. The maximum atomic E-state index is 5.68. The van der Waals surface area contributed by atoms with Crippen molar-refractivity contribution in [2.24, 2.45) is 0 Å². The molecular weight excluding hydrogens is 234 g/mol. The molecule has 0 atom stereocenters. The molecule has 0 aromatic heterocycles. The van der Waals surface area contributed by atoms with Crippen LogP contribution >= 0.6 is 0 Å². The molecule has 0 aliphatic heterocycles. The maximum Gasteiger partial charge on any atom is 0.121 e. The van der Waals surface area contributed by atoms with E-state index in [0.717, 1.165) is 18.0 Å². The molecule has 2 heteroatoms. The number of hydrogen-bond donors (Lipinski definition) is 1. The highest BCUT2D eigenvalue weighted by Crippen LogP contribution is 2.19. The molecule has 0 aliphatic carbocycles. The van der Waals surface area contributed by atoms with Crippen molar-refractivity contribution in [3.8, 4) is 5.75 Å². The van der Waals surface area contributed by atoms with Crippen LogP contribution in [0.4, 0.5) is 5.69 Å². The summed E-state index contributed by atoms with van der Waals surface area (Å²) in [5, 5.41) is 3.41. The predicted molar refractivity (Wildman–Crippen MR) is 80.7 cm³/mol. The first-order valence-corrected chi connectivity index (χ1v) is 6.69. The molecule has 0 spiro atoms. The van der Waals surface area contributed by atoms with Crippen molar-refractivity contribution in [3.05, 3.63) is 59.7 Å². The van der Waals surface area contributed by atoms with Crippen LogP contribution < -0.4 is 10.1 Å². The lowest BCUT2D eigenvalue weighted by Gasteiger charge is -2.12. The standard InChI is InChI=1S/C17H21NO/c1-13(2)19-17-6-4-5-16(11-17)18-12-15-9-7-14(3)8-10-15/h4-11,13,18H,12H2,1-3H3. The van der Waals surface area contributed by atoms with Crippen molar-refractivity contribution in [3.63, 3.8) is 0 Å². The van der Waals surface area contributed by atoms with E-state index >= 15 is 0 Å². The molecule has 0 saturated carbocycles. The summed E-state index contributed by atoms with van der Waals surface area (Å²) in [5.41, 5.74) is 3.65. The van der Waals surface area contributed by atoms with E-state index in [-0.39, 0.29) is 6.10 Å². The number of nitrogens with one attached hydrogen (secondary N) is 1. The smallest absolute Gasteiger partial charge is 0.121 e. The molecule has 1 N–H and O–H groups in total. The van der Waals surface area contributed by atoms with Crippen molar-refractivity contribution in [2.45, 2.75) is 33.4 Å². The third-order valence-electron chi connectivity index (χ3n) is 2.82. The van der Waals surface area contributed by atoms with Crippen LogP contribution in [0.15, 0.2) is 48.5 Å². The first kappa shape index (κ1) is 13.5. The lowest BCUT2D eigenvalue weighted by molar-refractivity contribution is 0.242. The normalized spacial score (nSPS) is 10.5. The minimum absolute atomic E-state index is 0.201. The Kier molecular flexibility index (Phi) is 4.45. The Balaban J connectivity index is 1.97. The van der Waals surface area contributed by atoms with Crippen LogP contribution in [0.3, 0.4) is 0 Å². The van der Waals surface area contributed by atoms with Gasteiger partial charge in [-0.2, -0.15) is 0 Å². The van der Waals surface area contributed by atoms with Gasteiger partial charge in [0.05, 0.1) is 6.10 Å². The van der Waals surface area contributed by atoms with Gasteiger partial charge in [-0.3, -0.25) is 0 Å². The predicted octanol–water partition coefficient (Wildman–Crippen LogP) is 4.39. The van der Waals surface area contributed by atoms with Gasteiger partial charge in [0.15, 0.2) is 0 Å². The highest BCUT2D eigenvalue weighted by Gasteiger charge is 1.99. The molecule has 2 aromatic carbocycles. The highest BCUT2D eigenvalue weighted by atomic mass is 16.5. The van der Waals surface area contributed by atoms with Gasteiger partial charge in [-0.15, -0.1) is 0 Å². The zero-order valence-corrected chi connectivity index (χ0v) is 11.8. The van der Waals surface area contributed by atoms with Crippen LogP contribution in [0, 0.1) is 6.92 Å². The number of ether oxygens (including phenoxy) is 1. The number of anilines is 1. The first-order valence-electron chi connectivity index (χ1n) is 6.69. The fourth-order valence-electron chi connectivity index (χ4n) is 1.86. The monoisotopic (exact) mass is 255 g/mol. The minimum atomic E-state index is 0.201. The molecule has 0 radical (unpaired) electrons. The van der Waals surface area contributed by atoms with Crippen LogP contribution in [0.1, 0.15) is 25.0 Å². The van der Waals surface area contributed by atoms with Crippen molar-refractivity contribution in [1.29, 1.82) is 0 Å². The summed E-state index contributed by atoms with van der Waals surface area (Å²) in [6.07, 6.45) is 0.201. The zero-order chi connectivity index (χ0) is 13.7. The number of aryl methyl sites for hydroxylation is 1. The summed E-state index contributed by atoms with van der Waals surface area (Å²) >= 11 is 0. The van der Waals surface area contributed by atoms with Crippen LogP contribution in [0.2, 0.25) is 0 Å². The van der Waals surface area contributed by atoms with E-state index in [0.29, 0.717) is 0 Å². The Morgan fingerprint density at radius 3 is 2.47 bits per heavy atom. The molecule has 0 amide bonds. The highest BCUT2D eigenvalue weighted by molar-refractivity contribution is 5.48. The molecule has 0 heterocycles. The van der Waals surface area contributed by atoms with Gasteiger partial charge in [-0.25, -0.2) is 0 Å². The third kappa shape index (κ3) is 4.32. The maximum absolute atomic E-state index is 5.68. The van der Waals surface area contributed by atoms with E-state index < -0.39 is 0 Å². The average Bonchev–Trinajstić information content (AvgIpc) is 2.38. The van der Waals surface area contributed by atoms with Crippen molar-refractivity contribution >= 4 is 5.69 Å². The van der Waals surface area contributed by atoms with Crippen LogP contribution in [-0.2, 0) is 6.54 Å². The number of rotatable bonds is 5. The second-order valence-electron chi connectivity index (χ2n) is 5.03. The van der Waals surface area contributed by atoms with Crippen LogP contribution in [-0.4, -0.2) is 6.10 Å². The molecule has 2 rings (SSSR count). The Morgan fingerprint density at radius 1 is 1.05 bits per heavy atom. The average molecular weight is 255 g/mol. The molecular formula is C17H21NO. The molecule has 2 nitrogen and oxygen atoms in total. The van der Waals surface area contributed by atoms with Crippen LogP contribution in [0.25, 0.3) is 0 Å². The lowest BCUT2D eigenvalue weighted by atomic mass is 10.1. The molecule has 0 fully saturated rings. The first-order chi connectivity index (χ1) is 9.13. The van der Waals surface area contributed by atoms with E-state index in [1.807, 2.05) is 32.0 Å². The van der Waals surface area contributed by atoms with Gasteiger partial charge in [-0.1, -0.05) is 35.9 Å². The molecule has 100 valence electrons. The van der Waals surface area contributed by atoms with Gasteiger partial charge in [-0.05, 0) is 38.5 Å². The summed E-state index contributed by atoms with van der Waals surface area (Å²) in [6, 6.07) is 16.7. The Morgan fingerprint density at radius 2 is 1.79 bits per heavy atom. The molecule has 0 unspecified atom stereocenters. The summed E-state index contributed by atoms with van der Waals surface area (Å²) in [5.74, 6) is 0.906. The fraction of sp³-hybridized carbons (Fsp3) is 0.294. The lowest BCUT2D eigenvalue weighted by Crippen LogP contribution is -2.06. The van der Waals surface area contributed by atoms with E-state index in [2.05, 4.69) is 42.6 Å². The summed E-state index contributed by atoms with van der Waals surface area (Å²) in [4.78, 5) is 0. The molecule has 0 saturated heterocycles. The number of benzene rings is 2. The van der Waals surface area contributed by atoms with E-state index in [4.69, 9.17) is 4.74 Å². The van der Waals surface area contributed by atoms with E-state index in [1.165, 1.54) is 11.1 Å². The van der Waals surface area contributed by atoms with Crippen molar-refractivity contribution in [1.82, 2.24) is 0 Å². The van der Waals surface area contributed by atoms with Gasteiger partial charge >= 0.3 is 0 Å². The molecule has 0 aliphatic rings. The SMILES string of the molecule is Cc1ccc(CNc2cccc(OC(C)C)c2)cc1. The Bertz CT molecular complexity index is 517. The summed E-state index contributed by atoms with van der Waals surface area (Å²) < 4.78 is 5.68. The molecule has 19 heavy (non-hydrogen) atoms. The topological polar surface area (TPSA) is 21.3 Å². The van der Waals surface area contributed by atoms with Crippen LogP contribution in [0.5, 0.6) is 5.75 Å². The van der Waals surface area contributed by atoms with Crippen molar-refractivity contribution < 1.29 is 4.74 Å². The fourth-order valence-corrected chi connectivity index (χ4v) is 1.86. The third-order valence-corrected chi connectivity index (χ3v) is 2.82. The minimum Gasteiger partial charge on any atom is -0.491 e. The van der Waals surface area contributed by atoms with Gasteiger partial charge in [0, 0.05) is 18.3 Å². The van der Waals surface area contributed by atoms with Gasteiger partial charge < -0.3 is 10.1 Å².